The van der Waals surface area contributed by atoms with Crippen LogP contribution in [0.3, 0.4) is 0 Å². The number of nitrogens with one attached hydrogen (secondary N) is 1. The van der Waals surface area contributed by atoms with Crippen molar-refractivity contribution in [2.45, 2.75) is 20.5 Å². The first-order valence-electron chi connectivity index (χ1n) is 6.14. The van der Waals surface area contributed by atoms with Gasteiger partial charge in [-0.2, -0.15) is 0 Å². The lowest BCUT2D eigenvalue weighted by molar-refractivity contribution is 0.102. The summed E-state index contributed by atoms with van der Waals surface area (Å²) in [6, 6.07) is 5.17. The van der Waals surface area contributed by atoms with Crippen molar-refractivity contribution >= 4 is 23.2 Å². The minimum Gasteiger partial charge on any atom is -0.392 e. The predicted octanol–water partition coefficient (Wildman–Crippen LogP) is 3.10. The fourth-order valence-corrected chi connectivity index (χ4v) is 2.12. The number of amides is 1. The number of carbonyl (C=O) groups is 1. The third-order valence-electron chi connectivity index (χ3n) is 3.16. The Labute approximate surface area is 122 Å². The predicted molar refractivity (Wildman–Crippen MR) is 79.0 cm³/mol. The van der Waals surface area contributed by atoms with Crippen molar-refractivity contribution in [1.29, 1.82) is 0 Å². The monoisotopic (exact) mass is 290 g/mol. The van der Waals surface area contributed by atoms with Gasteiger partial charge in [0.05, 0.1) is 29.1 Å². The molecular weight excluding hydrogens is 276 g/mol. The second-order valence-corrected chi connectivity index (χ2v) is 4.97. The molecule has 5 heteroatoms. The summed E-state index contributed by atoms with van der Waals surface area (Å²) in [7, 11) is 0. The molecule has 0 saturated carbocycles. The first-order chi connectivity index (χ1) is 9.52. The number of hydrogen-bond donors (Lipinski definition) is 2. The average Bonchev–Trinajstić information content (AvgIpc) is 2.43. The highest BCUT2D eigenvalue weighted by molar-refractivity contribution is 6.34. The fraction of sp³-hybridized carbons (Fsp3) is 0.200. The van der Waals surface area contributed by atoms with Gasteiger partial charge in [0.2, 0.25) is 0 Å². The van der Waals surface area contributed by atoms with E-state index in [1.54, 1.807) is 24.4 Å². The maximum Gasteiger partial charge on any atom is 0.257 e. The van der Waals surface area contributed by atoms with Crippen LogP contribution >= 0.6 is 11.6 Å². The molecule has 20 heavy (non-hydrogen) atoms. The van der Waals surface area contributed by atoms with Gasteiger partial charge in [-0.25, -0.2) is 0 Å². The van der Waals surface area contributed by atoms with Crippen LogP contribution in [-0.2, 0) is 6.61 Å². The topological polar surface area (TPSA) is 62.2 Å². The molecule has 1 heterocycles. The largest absolute Gasteiger partial charge is 0.392 e. The van der Waals surface area contributed by atoms with Crippen LogP contribution in [0.25, 0.3) is 0 Å². The normalized spacial score (nSPS) is 10.4. The molecule has 104 valence electrons. The van der Waals surface area contributed by atoms with Crippen LogP contribution in [-0.4, -0.2) is 16.0 Å². The highest BCUT2D eigenvalue weighted by Gasteiger charge is 2.13. The molecule has 0 atom stereocenters. The Bertz CT molecular complexity index is 656. The fourth-order valence-electron chi connectivity index (χ4n) is 1.82. The van der Waals surface area contributed by atoms with Gasteiger partial charge in [-0.3, -0.25) is 9.78 Å². The molecule has 1 aromatic heterocycles. The van der Waals surface area contributed by atoms with Crippen LogP contribution in [0.1, 0.15) is 27.0 Å². The molecule has 4 nitrogen and oxygen atoms in total. The van der Waals surface area contributed by atoms with Crippen molar-refractivity contribution in [2.24, 2.45) is 0 Å². The van der Waals surface area contributed by atoms with E-state index >= 15 is 0 Å². The van der Waals surface area contributed by atoms with Crippen LogP contribution in [0.2, 0.25) is 5.02 Å². The van der Waals surface area contributed by atoms with E-state index in [1.807, 2.05) is 13.8 Å². The third kappa shape index (κ3) is 2.98. The number of aromatic nitrogens is 1. The van der Waals surface area contributed by atoms with Crippen molar-refractivity contribution < 1.29 is 9.90 Å². The maximum atomic E-state index is 12.3. The maximum absolute atomic E-state index is 12.3. The van der Waals surface area contributed by atoms with Gasteiger partial charge in [0.15, 0.2) is 0 Å². The zero-order valence-electron chi connectivity index (χ0n) is 11.3. The Hall–Kier alpha value is -1.91. The summed E-state index contributed by atoms with van der Waals surface area (Å²) in [4.78, 5) is 16.2. The van der Waals surface area contributed by atoms with Gasteiger partial charge >= 0.3 is 0 Å². The van der Waals surface area contributed by atoms with Crippen LogP contribution in [0.5, 0.6) is 0 Å². The average molecular weight is 291 g/mol. The summed E-state index contributed by atoms with van der Waals surface area (Å²) in [6.07, 6.45) is 3.06. The summed E-state index contributed by atoms with van der Waals surface area (Å²) in [5, 5.41) is 12.4. The number of nitrogens with zero attached hydrogens (tertiary/aromatic N) is 1. The Morgan fingerprint density at radius 3 is 2.75 bits per heavy atom. The molecular formula is C15H15ClN2O2. The van der Waals surface area contributed by atoms with Gasteiger partial charge in [-0.1, -0.05) is 11.6 Å². The number of benzene rings is 1. The zero-order valence-corrected chi connectivity index (χ0v) is 12.0. The number of hydrogen-bond acceptors (Lipinski definition) is 3. The van der Waals surface area contributed by atoms with Gasteiger partial charge in [0.1, 0.15) is 0 Å². The molecule has 0 spiro atoms. The SMILES string of the molecule is Cc1cc(Cl)c(C(=O)Nc2cnccc2CO)cc1C. The van der Waals surface area contributed by atoms with Crippen molar-refractivity contribution in [3.8, 4) is 0 Å². The second-order valence-electron chi connectivity index (χ2n) is 4.56. The molecule has 0 aliphatic rings. The van der Waals surface area contributed by atoms with Gasteiger partial charge < -0.3 is 10.4 Å². The lowest BCUT2D eigenvalue weighted by atomic mass is 10.1. The lowest BCUT2D eigenvalue weighted by Crippen LogP contribution is -2.14. The van der Waals surface area contributed by atoms with E-state index < -0.39 is 0 Å². The molecule has 2 N–H and O–H groups in total. The number of anilines is 1. The Morgan fingerprint density at radius 2 is 2.05 bits per heavy atom. The molecule has 1 aromatic carbocycles. The van der Waals surface area contributed by atoms with E-state index in [2.05, 4.69) is 10.3 Å². The molecule has 0 radical (unpaired) electrons. The summed E-state index contributed by atoms with van der Waals surface area (Å²) < 4.78 is 0. The van der Waals surface area contributed by atoms with Crippen molar-refractivity contribution in [1.82, 2.24) is 4.98 Å². The van der Waals surface area contributed by atoms with E-state index in [0.29, 0.717) is 21.8 Å². The van der Waals surface area contributed by atoms with Gasteiger partial charge in [-0.15, -0.1) is 0 Å². The molecule has 2 rings (SSSR count). The standard InChI is InChI=1S/C15H15ClN2O2/c1-9-5-12(13(16)6-10(9)2)15(20)18-14-7-17-4-3-11(14)8-19/h3-7,19H,8H2,1-2H3,(H,18,20). The van der Waals surface area contributed by atoms with E-state index in [-0.39, 0.29) is 12.5 Å². The number of aliphatic hydroxyl groups excluding tert-OH is 1. The van der Waals surface area contributed by atoms with Crippen LogP contribution in [0.15, 0.2) is 30.6 Å². The minimum atomic E-state index is -0.319. The van der Waals surface area contributed by atoms with Crippen molar-refractivity contribution in [3.05, 3.63) is 57.9 Å². The second kappa shape index (κ2) is 6.03. The number of carbonyl (C=O) groups excluding carboxylic acids is 1. The smallest absolute Gasteiger partial charge is 0.257 e. The van der Waals surface area contributed by atoms with Crippen molar-refractivity contribution in [3.63, 3.8) is 0 Å². The van der Waals surface area contributed by atoms with Gasteiger partial charge in [0, 0.05) is 11.8 Å². The molecule has 1 amide bonds. The van der Waals surface area contributed by atoms with E-state index in [0.717, 1.165) is 11.1 Å². The lowest BCUT2D eigenvalue weighted by Gasteiger charge is -2.11. The van der Waals surface area contributed by atoms with E-state index in [1.165, 1.54) is 6.20 Å². The summed E-state index contributed by atoms with van der Waals surface area (Å²) in [5.74, 6) is -0.319. The number of aryl methyl sites for hydroxylation is 2. The summed E-state index contributed by atoms with van der Waals surface area (Å²) >= 11 is 6.11. The molecule has 0 aliphatic heterocycles. The highest BCUT2D eigenvalue weighted by Crippen LogP contribution is 2.23. The van der Waals surface area contributed by atoms with Gasteiger partial charge in [0.25, 0.3) is 5.91 Å². The number of aliphatic hydroxyl groups is 1. The van der Waals surface area contributed by atoms with Crippen LogP contribution < -0.4 is 5.32 Å². The van der Waals surface area contributed by atoms with Crippen molar-refractivity contribution in [2.75, 3.05) is 5.32 Å². The third-order valence-corrected chi connectivity index (χ3v) is 3.47. The van der Waals surface area contributed by atoms with E-state index in [9.17, 15) is 9.90 Å². The first kappa shape index (κ1) is 14.5. The molecule has 0 bridgehead atoms. The quantitative estimate of drug-likeness (QED) is 0.913. The molecule has 0 saturated heterocycles. The first-order valence-corrected chi connectivity index (χ1v) is 6.52. The zero-order chi connectivity index (χ0) is 14.7. The van der Waals surface area contributed by atoms with Crippen LogP contribution in [0.4, 0.5) is 5.69 Å². The van der Waals surface area contributed by atoms with E-state index in [4.69, 9.17) is 11.6 Å². The molecule has 0 fully saturated rings. The Balaban J connectivity index is 2.31. The molecule has 0 aliphatic carbocycles. The van der Waals surface area contributed by atoms with Crippen LogP contribution in [0, 0.1) is 13.8 Å². The number of halogens is 1. The Kier molecular flexibility index (Phi) is 4.37. The summed E-state index contributed by atoms with van der Waals surface area (Å²) in [6.45, 7) is 3.69. The minimum absolute atomic E-state index is 0.168. The number of pyridine rings is 1. The molecule has 0 unspecified atom stereocenters. The highest BCUT2D eigenvalue weighted by atomic mass is 35.5. The number of rotatable bonds is 3. The van der Waals surface area contributed by atoms with Gasteiger partial charge in [-0.05, 0) is 43.2 Å². The molecule has 2 aromatic rings. The summed E-state index contributed by atoms with van der Waals surface area (Å²) in [5.41, 5.74) is 3.52. The Morgan fingerprint density at radius 1 is 1.35 bits per heavy atom.